The number of aromatic nitrogens is 1. The Morgan fingerprint density at radius 2 is 2.38 bits per heavy atom. The van der Waals surface area contributed by atoms with E-state index in [9.17, 15) is 4.79 Å². The summed E-state index contributed by atoms with van der Waals surface area (Å²) in [5.74, 6) is 0.377. The van der Waals surface area contributed by atoms with Crippen LogP contribution in [-0.2, 0) is 4.79 Å². The minimum Gasteiger partial charge on any atom is -0.482 e. The van der Waals surface area contributed by atoms with Crippen molar-refractivity contribution in [3.8, 4) is 5.75 Å². The van der Waals surface area contributed by atoms with E-state index in [0.29, 0.717) is 12.3 Å². The van der Waals surface area contributed by atoms with Gasteiger partial charge in [0.25, 0.3) is 5.91 Å². The molecule has 0 unspecified atom stereocenters. The highest BCUT2D eigenvalue weighted by Gasteiger charge is 2.18. The van der Waals surface area contributed by atoms with Gasteiger partial charge in [0.2, 0.25) is 0 Å². The Balaban J connectivity index is 2.36. The number of nitrogens with two attached hydrogens (primary N) is 1. The third kappa shape index (κ3) is 4.27. The molecule has 0 aliphatic rings. The van der Waals surface area contributed by atoms with Gasteiger partial charge in [-0.2, -0.15) is 0 Å². The highest BCUT2D eigenvalue weighted by atomic mass is 16.5. The highest BCUT2D eigenvalue weighted by Crippen LogP contribution is 2.05. The van der Waals surface area contributed by atoms with Gasteiger partial charge in [0.15, 0.2) is 6.61 Å². The summed E-state index contributed by atoms with van der Waals surface area (Å²) in [6.45, 7) is 4.06. The van der Waals surface area contributed by atoms with Crippen LogP contribution in [0.25, 0.3) is 0 Å². The summed E-state index contributed by atoms with van der Waals surface area (Å²) < 4.78 is 5.24. The zero-order valence-electron chi connectivity index (χ0n) is 9.56. The van der Waals surface area contributed by atoms with Crippen LogP contribution in [0, 0.1) is 0 Å². The molecule has 0 atom stereocenters. The largest absolute Gasteiger partial charge is 0.482 e. The van der Waals surface area contributed by atoms with Gasteiger partial charge < -0.3 is 15.8 Å². The van der Waals surface area contributed by atoms with Crippen molar-refractivity contribution in [3.05, 3.63) is 24.5 Å². The summed E-state index contributed by atoms with van der Waals surface area (Å²) in [5, 5.41) is 2.77. The number of pyridine rings is 1. The van der Waals surface area contributed by atoms with Crippen LogP contribution in [0.2, 0.25) is 0 Å². The molecule has 1 aromatic rings. The molecule has 0 aromatic carbocycles. The van der Waals surface area contributed by atoms with Crippen molar-refractivity contribution >= 4 is 5.91 Å². The molecule has 1 amide bonds. The molecule has 0 radical (unpaired) electrons. The normalized spacial score (nSPS) is 10.9. The minimum absolute atomic E-state index is 0.0326. The number of amides is 1. The number of carbonyl (C=O) groups is 1. The van der Waals surface area contributed by atoms with E-state index in [1.807, 2.05) is 13.8 Å². The Labute approximate surface area is 95.0 Å². The zero-order valence-corrected chi connectivity index (χ0v) is 9.56. The molecule has 0 fully saturated rings. The molecule has 3 N–H and O–H groups in total. The highest BCUT2D eigenvalue weighted by molar-refractivity contribution is 5.78. The van der Waals surface area contributed by atoms with Crippen molar-refractivity contribution in [1.29, 1.82) is 0 Å². The van der Waals surface area contributed by atoms with Crippen LogP contribution < -0.4 is 15.8 Å². The van der Waals surface area contributed by atoms with Gasteiger partial charge in [0.05, 0.1) is 6.20 Å². The summed E-state index contributed by atoms with van der Waals surface area (Å²) in [6.07, 6.45) is 3.20. The molecule has 5 nitrogen and oxygen atoms in total. The van der Waals surface area contributed by atoms with E-state index in [2.05, 4.69) is 10.3 Å². The summed E-state index contributed by atoms with van der Waals surface area (Å²) in [4.78, 5) is 15.4. The van der Waals surface area contributed by atoms with Gasteiger partial charge in [-0.25, -0.2) is 0 Å². The molecule has 0 bridgehead atoms. The van der Waals surface area contributed by atoms with Crippen molar-refractivity contribution in [2.45, 2.75) is 19.4 Å². The van der Waals surface area contributed by atoms with Crippen molar-refractivity contribution in [1.82, 2.24) is 10.3 Å². The van der Waals surface area contributed by atoms with Gasteiger partial charge in [-0.05, 0) is 26.0 Å². The number of rotatable bonds is 5. The van der Waals surface area contributed by atoms with Crippen LogP contribution in [0.15, 0.2) is 24.5 Å². The zero-order chi connectivity index (χ0) is 12.0. The maximum Gasteiger partial charge on any atom is 0.258 e. The minimum atomic E-state index is -0.407. The predicted octanol–water partition coefficient (Wildman–Crippen LogP) is 0.314. The Kier molecular flexibility index (Phi) is 4.25. The van der Waals surface area contributed by atoms with Crippen molar-refractivity contribution in [2.75, 3.05) is 13.2 Å². The lowest BCUT2D eigenvalue weighted by molar-refractivity contribution is -0.124. The average Bonchev–Trinajstić information content (AvgIpc) is 2.27. The topological polar surface area (TPSA) is 77.2 Å². The molecule has 16 heavy (non-hydrogen) atoms. The smallest absolute Gasteiger partial charge is 0.258 e. The molecule has 5 heteroatoms. The molecular weight excluding hydrogens is 206 g/mol. The van der Waals surface area contributed by atoms with Crippen LogP contribution in [0.3, 0.4) is 0 Å². The van der Waals surface area contributed by atoms with Crippen LogP contribution in [0.4, 0.5) is 0 Å². The number of hydrogen-bond acceptors (Lipinski definition) is 4. The first kappa shape index (κ1) is 12.4. The van der Waals surface area contributed by atoms with Crippen LogP contribution in [0.1, 0.15) is 13.8 Å². The Morgan fingerprint density at radius 3 is 2.94 bits per heavy atom. The van der Waals surface area contributed by atoms with Crippen LogP contribution in [-0.4, -0.2) is 29.6 Å². The molecule has 0 aliphatic heterocycles. The van der Waals surface area contributed by atoms with Crippen molar-refractivity contribution in [3.63, 3.8) is 0 Å². The molecule has 0 aliphatic carbocycles. The van der Waals surface area contributed by atoms with Gasteiger partial charge in [-0.1, -0.05) is 0 Å². The second kappa shape index (κ2) is 5.46. The first-order valence-corrected chi connectivity index (χ1v) is 5.07. The van der Waals surface area contributed by atoms with Gasteiger partial charge in [0.1, 0.15) is 5.75 Å². The molecule has 0 saturated heterocycles. The van der Waals surface area contributed by atoms with E-state index >= 15 is 0 Å². The van der Waals surface area contributed by atoms with E-state index < -0.39 is 5.54 Å². The first-order chi connectivity index (χ1) is 7.53. The molecule has 1 rings (SSSR count). The lowest BCUT2D eigenvalue weighted by Crippen LogP contribution is -2.50. The quantitative estimate of drug-likeness (QED) is 0.753. The monoisotopic (exact) mass is 223 g/mol. The molecule has 0 spiro atoms. The van der Waals surface area contributed by atoms with Gasteiger partial charge in [-0.15, -0.1) is 0 Å². The summed E-state index contributed by atoms with van der Waals surface area (Å²) in [5.41, 5.74) is 5.09. The maximum absolute atomic E-state index is 11.5. The summed E-state index contributed by atoms with van der Waals surface area (Å²) in [6, 6.07) is 3.49. The van der Waals surface area contributed by atoms with E-state index in [4.69, 9.17) is 10.5 Å². The van der Waals surface area contributed by atoms with Gasteiger partial charge >= 0.3 is 0 Å². The van der Waals surface area contributed by atoms with Crippen LogP contribution >= 0.6 is 0 Å². The van der Waals surface area contributed by atoms with Crippen LogP contribution in [0.5, 0.6) is 5.75 Å². The number of nitrogens with zero attached hydrogens (tertiary/aromatic N) is 1. The number of hydrogen-bond donors (Lipinski definition) is 2. The third-order valence-corrected chi connectivity index (χ3v) is 1.99. The van der Waals surface area contributed by atoms with E-state index in [1.54, 1.807) is 24.5 Å². The fraction of sp³-hybridized carbons (Fsp3) is 0.455. The number of nitrogens with one attached hydrogen (secondary N) is 1. The Bertz CT molecular complexity index is 338. The average molecular weight is 223 g/mol. The Hall–Kier alpha value is -1.62. The van der Waals surface area contributed by atoms with Gasteiger partial charge in [0, 0.05) is 18.3 Å². The second-order valence-electron chi connectivity index (χ2n) is 4.11. The molecule has 1 aromatic heterocycles. The van der Waals surface area contributed by atoms with E-state index in [1.165, 1.54) is 0 Å². The second-order valence-corrected chi connectivity index (χ2v) is 4.11. The van der Waals surface area contributed by atoms with E-state index in [0.717, 1.165) is 0 Å². The first-order valence-electron chi connectivity index (χ1n) is 5.07. The Morgan fingerprint density at radius 1 is 1.62 bits per heavy atom. The standard InChI is InChI=1S/C11H17N3O2/c1-11(2,8-12)14-10(15)7-16-9-4-3-5-13-6-9/h3-6H,7-8,12H2,1-2H3,(H,14,15). The number of carbonyl (C=O) groups excluding carboxylic acids is 1. The lowest BCUT2D eigenvalue weighted by Gasteiger charge is -2.24. The lowest BCUT2D eigenvalue weighted by atomic mass is 10.1. The fourth-order valence-corrected chi connectivity index (χ4v) is 1.05. The summed E-state index contributed by atoms with van der Waals surface area (Å²) in [7, 11) is 0. The van der Waals surface area contributed by atoms with Gasteiger partial charge in [-0.3, -0.25) is 9.78 Å². The molecular formula is C11H17N3O2. The molecule has 88 valence electrons. The SMILES string of the molecule is CC(C)(CN)NC(=O)COc1cccnc1. The fourth-order valence-electron chi connectivity index (χ4n) is 1.05. The van der Waals surface area contributed by atoms with Crippen molar-refractivity contribution < 1.29 is 9.53 Å². The molecule has 1 heterocycles. The number of ether oxygens (including phenoxy) is 1. The summed E-state index contributed by atoms with van der Waals surface area (Å²) >= 11 is 0. The third-order valence-electron chi connectivity index (χ3n) is 1.99. The maximum atomic E-state index is 11.5. The van der Waals surface area contributed by atoms with Crippen molar-refractivity contribution in [2.24, 2.45) is 5.73 Å². The predicted molar refractivity (Wildman–Crippen MR) is 61.0 cm³/mol. The molecule has 0 saturated carbocycles. The van der Waals surface area contributed by atoms with E-state index in [-0.39, 0.29) is 12.5 Å².